The zero-order valence-electron chi connectivity index (χ0n) is 9.06. The van der Waals surface area contributed by atoms with E-state index in [-0.39, 0.29) is 24.4 Å². The van der Waals surface area contributed by atoms with Gasteiger partial charge in [0.2, 0.25) is 5.91 Å². The Morgan fingerprint density at radius 3 is 2.88 bits per heavy atom. The van der Waals surface area contributed by atoms with Crippen molar-refractivity contribution in [2.75, 3.05) is 11.9 Å². The molecule has 0 radical (unpaired) electrons. The Bertz CT molecular complexity index is 511. The van der Waals surface area contributed by atoms with Crippen LogP contribution in [-0.4, -0.2) is 18.5 Å². The van der Waals surface area contributed by atoms with Crippen molar-refractivity contribution in [2.45, 2.75) is 17.9 Å². The summed E-state index contributed by atoms with van der Waals surface area (Å²) in [5.74, 6) is 0.0129. The van der Waals surface area contributed by atoms with Crippen LogP contribution in [0.15, 0.2) is 24.3 Å². The smallest absolute Gasteiger partial charge is 0.236 e. The summed E-state index contributed by atoms with van der Waals surface area (Å²) in [6, 6.07) is 9.66. The molecule has 1 amide bonds. The number of benzene rings is 1. The minimum Gasteiger partial charge on any atom is -0.325 e. The predicted molar refractivity (Wildman–Crippen MR) is 66.0 cm³/mol. The average Bonchev–Trinajstić information content (AvgIpc) is 2.85. The lowest BCUT2D eigenvalue weighted by molar-refractivity contribution is -0.120. The highest BCUT2D eigenvalue weighted by molar-refractivity contribution is 6.06. The van der Waals surface area contributed by atoms with E-state index >= 15 is 0 Å². The number of carbonyl (C=O) groups excluding carboxylic acids is 1. The van der Waals surface area contributed by atoms with Crippen LogP contribution in [0.2, 0.25) is 0 Å². The van der Waals surface area contributed by atoms with E-state index in [0.717, 1.165) is 11.3 Å². The van der Waals surface area contributed by atoms with E-state index in [0.29, 0.717) is 13.0 Å². The molecule has 0 aliphatic carbocycles. The highest BCUT2D eigenvalue weighted by atomic mass is 35.5. The van der Waals surface area contributed by atoms with Crippen molar-refractivity contribution >= 4 is 24.0 Å². The highest BCUT2D eigenvalue weighted by Gasteiger charge is 2.51. The van der Waals surface area contributed by atoms with Gasteiger partial charge in [-0.1, -0.05) is 18.2 Å². The second-order valence-corrected chi connectivity index (χ2v) is 4.35. The number of nitrogens with zero attached hydrogens (tertiary/aromatic N) is 1. The molecule has 2 atom stereocenters. The van der Waals surface area contributed by atoms with Crippen LogP contribution >= 0.6 is 12.4 Å². The number of nitrogens with one attached hydrogen (secondary N) is 2. The molecular formula is C12H12ClN3O. The first-order chi connectivity index (χ1) is 7.76. The van der Waals surface area contributed by atoms with E-state index in [1.54, 1.807) is 0 Å². The van der Waals surface area contributed by atoms with Gasteiger partial charge in [-0.15, -0.1) is 12.4 Å². The molecule has 1 fully saturated rings. The second kappa shape index (κ2) is 4.02. The molecule has 0 saturated carbocycles. The summed E-state index contributed by atoms with van der Waals surface area (Å²) in [6.45, 7) is 0.550. The minimum absolute atomic E-state index is 0. The maximum absolute atomic E-state index is 12.1. The summed E-state index contributed by atoms with van der Waals surface area (Å²) >= 11 is 0. The van der Waals surface area contributed by atoms with Gasteiger partial charge in [-0.25, -0.2) is 0 Å². The van der Waals surface area contributed by atoms with E-state index in [1.807, 2.05) is 24.3 Å². The third-order valence-corrected chi connectivity index (χ3v) is 3.48. The van der Waals surface area contributed by atoms with Gasteiger partial charge in [0.25, 0.3) is 0 Å². The predicted octanol–water partition coefficient (Wildman–Crippen LogP) is 1.18. The molecule has 2 unspecified atom stereocenters. The summed E-state index contributed by atoms with van der Waals surface area (Å²) in [5.41, 5.74) is 1.37. The molecule has 1 aromatic carbocycles. The van der Waals surface area contributed by atoms with Crippen molar-refractivity contribution in [3.8, 4) is 6.07 Å². The molecule has 5 heteroatoms. The maximum atomic E-state index is 12.1. The van der Waals surface area contributed by atoms with Crippen LogP contribution < -0.4 is 10.6 Å². The second-order valence-electron chi connectivity index (χ2n) is 4.35. The average molecular weight is 250 g/mol. The monoisotopic (exact) mass is 249 g/mol. The molecule has 17 heavy (non-hydrogen) atoms. The molecule has 1 saturated heterocycles. The highest BCUT2D eigenvalue weighted by Crippen LogP contribution is 2.42. The lowest BCUT2D eigenvalue weighted by Crippen LogP contribution is -2.36. The number of para-hydroxylation sites is 1. The molecule has 2 N–H and O–H groups in total. The normalized spacial score (nSPS) is 29.4. The van der Waals surface area contributed by atoms with Gasteiger partial charge in [-0.3, -0.25) is 4.79 Å². The fraction of sp³-hybridized carbons (Fsp3) is 0.333. The lowest BCUT2D eigenvalue weighted by Gasteiger charge is -2.19. The van der Waals surface area contributed by atoms with Gasteiger partial charge in [0, 0.05) is 12.2 Å². The third-order valence-electron chi connectivity index (χ3n) is 3.48. The van der Waals surface area contributed by atoms with Crippen LogP contribution in [0.4, 0.5) is 5.69 Å². The fourth-order valence-corrected chi connectivity index (χ4v) is 2.63. The number of hydrogen-bond donors (Lipinski definition) is 2. The zero-order chi connectivity index (χ0) is 11.2. The number of amides is 1. The van der Waals surface area contributed by atoms with E-state index in [4.69, 9.17) is 5.26 Å². The van der Waals surface area contributed by atoms with E-state index in [2.05, 4.69) is 16.7 Å². The van der Waals surface area contributed by atoms with Gasteiger partial charge in [0.15, 0.2) is 0 Å². The van der Waals surface area contributed by atoms with Gasteiger partial charge >= 0.3 is 0 Å². The molecule has 3 rings (SSSR count). The minimum atomic E-state index is -0.531. The molecular weight excluding hydrogens is 238 g/mol. The summed E-state index contributed by atoms with van der Waals surface area (Å²) in [5, 5.41) is 14.9. The number of fused-ring (bicyclic) bond motifs is 2. The maximum Gasteiger partial charge on any atom is 0.236 e. The Morgan fingerprint density at radius 1 is 1.41 bits per heavy atom. The lowest BCUT2D eigenvalue weighted by atomic mass is 9.80. The Labute approximate surface area is 105 Å². The standard InChI is InChI=1S/C12H11N3O.ClH/c13-6-8-5-12(7-14-8)9-3-1-2-4-10(9)15-11(12)16;/h1-4,8,14H,5,7H2,(H,15,16);1H. The summed E-state index contributed by atoms with van der Waals surface area (Å²) in [6.07, 6.45) is 0.562. The van der Waals surface area contributed by atoms with Crippen LogP contribution in [0.3, 0.4) is 0 Å². The first-order valence-electron chi connectivity index (χ1n) is 5.30. The van der Waals surface area contributed by atoms with Gasteiger partial charge < -0.3 is 10.6 Å². The number of nitriles is 1. The van der Waals surface area contributed by atoms with Crippen LogP contribution in [0.5, 0.6) is 0 Å². The summed E-state index contributed by atoms with van der Waals surface area (Å²) in [4.78, 5) is 12.1. The Kier molecular flexibility index (Phi) is 2.82. The quantitative estimate of drug-likeness (QED) is 0.726. The fourth-order valence-electron chi connectivity index (χ4n) is 2.63. The molecule has 0 bridgehead atoms. The van der Waals surface area contributed by atoms with Crippen LogP contribution in [-0.2, 0) is 10.2 Å². The SMILES string of the molecule is Cl.N#CC1CC2(CN1)C(=O)Nc1ccccc12. The van der Waals surface area contributed by atoms with Crippen LogP contribution in [0.1, 0.15) is 12.0 Å². The van der Waals surface area contributed by atoms with Crippen molar-refractivity contribution in [3.63, 3.8) is 0 Å². The van der Waals surface area contributed by atoms with E-state index in [9.17, 15) is 4.79 Å². The first kappa shape index (κ1) is 11.9. The largest absolute Gasteiger partial charge is 0.325 e. The molecule has 2 aliphatic heterocycles. The molecule has 1 spiro atoms. The summed E-state index contributed by atoms with van der Waals surface area (Å²) in [7, 11) is 0. The zero-order valence-corrected chi connectivity index (χ0v) is 9.88. The number of halogens is 1. The number of anilines is 1. The molecule has 1 aromatic rings. The van der Waals surface area contributed by atoms with Crippen LogP contribution in [0, 0.1) is 11.3 Å². The van der Waals surface area contributed by atoms with E-state index < -0.39 is 5.41 Å². The van der Waals surface area contributed by atoms with E-state index in [1.165, 1.54) is 0 Å². The van der Waals surface area contributed by atoms with Gasteiger partial charge in [0.05, 0.1) is 17.5 Å². The first-order valence-corrected chi connectivity index (χ1v) is 5.30. The number of hydrogen-bond acceptors (Lipinski definition) is 3. The molecule has 4 nitrogen and oxygen atoms in total. The van der Waals surface area contributed by atoms with Crippen LogP contribution in [0.25, 0.3) is 0 Å². The Balaban J connectivity index is 0.00000108. The molecule has 88 valence electrons. The molecule has 2 aliphatic rings. The van der Waals surface area contributed by atoms with Gasteiger partial charge in [-0.2, -0.15) is 5.26 Å². The third kappa shape index (κ3) is 1.51. The van der Waals surface area contributed by atoms with Crippen molar-refractivity contribution in [2.24, 2.45) is 0 Å². The Morgan fingerprint density at radius 2 is 2.18 bits per heavy atom. The Hall–Kier alpha value is -1.57. The molecule has 0 aromatic heterocycles. The van der Waals surface area contributed by atoms with Gasteiger partial charge in [0.1, 0.15) is 0 Å². The van der Waals surface area contributed by atoms with Crippen molar-refractivity contribution in [1.29, 1.82) is 5.26 Å². The summed E-state index contributed by atoms with van der Waals surface area (Å²) < 4.78 is 0. The van der Waals surface area contributed by atoms with Gasteiger partial charge in [-0.05, 0) is 18.1 Å². The van der Waals surface area contributed by atoms with Crippen molar-refractivity contribution < 1.29 is 4.79 Å². The number of carbonyl (C=O) groups is 1. The molecule has 2 heterocycles. The number of rotatable bonds is 0. The topological polar surface area (TPSA) is 64.9 Å². The van der Waals surface area contributed by atoms with Crippen molar-refractivity contribution in [1.82, 2.24) is 5.32 Å². The van der Waals surface area contributed by atoms with Crippen molar-refractivity contribution in [3.05, 3.63) is 29.8 Å².